The van der Waals surface area contributed by atoms with Crippen LogP contribution in [0.25, 0.3) is 0 Å². The van der Waals surface area contributed by atoms with E-state index in [1.54, 1.807) is 6.07 Å². The van der Waals surface area contributed by atoms with Crippen LogP contribution in [0.4, 0.5) is 0 Å². The first kappa shape index (κ1) is 15.5. The summed E-state index contributed by atoms with van der Waals surface area (Å²) < 4.78 is 5.68. The Morgan fingerprint density at radius 2 is 1.95 bits per heavy atom. The van der Waals surface area contributed by atoms with Crippen molar-refractivity contribution in [1.82, 2.24) is 0 Å². The molecule has 3 rings (SSSR count). The predicted octanol–water partition coefficient (Wildman–Crippen LogP) is 5.60. The minimum Gasteiger partial charge on any atom is -0.508 e. The van der Waals surface area contributed by atoms with E-state index in [9.17, 15) is 5.11 Å². The molecule has 1 fully saturated rings. The summed E-state index contributed by atoms with van der Waals surface area (Å²) in [6.45, 7) is 2.39. The Hall–Kier alpha value is -1.44. The monoisotopic (exact) mass is 300 g/mol. The van der Waals surface area contributed by atoms with Gasteiger partial charge in [-0.2, -0.15) is 0 Å². The van der Waals surface area contributed by atoms with E-state index in [-0.39, 0.29) is 0 Å². The van der Waals surface area contributed by atoms with Crippen LogP contribution in [0.5, 0.6) is 11.5 Å². The molecule has 0 aromatic heterocycles. The second-order valence-corrected chi connectivity index (χ2v) is 7.23. The van der Waals surface area contributed by atoms with Crippen LogP contribution in [0.3, 0.4) is 0 Å². The van der Waals surface area contributed by atoms with Gasteiger partial charge < -0.3 is 9.84 Å². The number of rotatable bonds is 5. The SMILES string of the molecule is CC1CCC(CCCCC2=COc3ccc(O)cc3C2)CC1. The molecular weight excluding hydrogens is 272 g/mol. The van der Waals surface area contributed by atoms with Gasteiger partial charge in [0.05, 0.1) is 6.26 Å². The van der Waals surface area contributed by atoms with Gasteiger partial charge in [-0.15, -0.1) is 0 Å². The summed E-state index contributed by atoms with van der Waals surface area (Å²) in [5.41, 5.74) is 2.47. The van der Waals surface area contributed by atoms with Crippen molar-refractivity contribution in [2.45, 2.75) is 64.7 Å². The molecular formula is C20H28O2. The van der Waals surface area contributed by atoms with Crippen LogP contribution < -0.4 is 4.74 Å². The lowest BCUT2D eigenvalue weighted by Crippen LogP contribution is -2.12. The van der Waals surface area contributed by atoms with Crippen molar-refractivity contribution < 1.29 is 9.84 Å². The number of allylic oxidation sites excluding steroid dienone is 1. The normalized spacial score (nSPS) is 24.3. The van der Waals surface area contributed by atoms with Crippen molar-refractivity contribution in [2.24, 2.45) is 11.8 Å². The summed E-state index contributed by atoms with van der Waals surface area (Å²) in [7, 11) is 0. The highest BCUT2D eigenvalue weighted by Gasteiger charge is 2.18. The fourth-order valence-electron chi connectivity index (χ4n) is 3.80. The Kier molecular flexibility index (Phi) is 5.07. The molecule has 2 nitrogen and oxygen atoms in total. The minimum atomic E-state index is 0.329. The predicted molar refractivity (Wildman–Crippen MR) is 90.1 cm³/mol. The molecule has 1 aliphatic carbocycles. The highest BCUT2D eigenvalue weighted by molar-refractivity contribution is 5.44. The Labute approximate surface area is 134 Å². The lowest BCUT2D eigenvalue weighted by molar-refractivity contribution is 0.272. The number of ether oxygens (including phenoxy) is 1. The Morgan fingerprint density at radius 3 is 2.77 bits per heavy atom. The number of hydrogen-bond acceptors (Lipinski definition) is 2. The van der Waals surface area contributed by atoms with Gasteiger partial charge in [0.25, 0.3) is 0 Å². The molecule has 1 heterocycles. The Morgan fingerprint density at radius 1 is 1.14 bits per heavy atom. The van der Waals surface area contributed by atoms with E-state index in [1.807, 2.05) is 18.4 Å². The van der Waals surface area contributed by atoms with Crippen LogP contribution in [0, 0.1) is 11.8 Å². The molecule has 0 atom stereocenters. The summed E-state index contributed by atoms with van der Waals surface area (Å²) in [4.78, 5) is 0. The molecule has 0 radical (unpaired) electrons. The number of aromatic hydroxyl groups is 1. The zero-order valence-corrected chi connectivity index (χ0v) is 13.7. The van der Waals surface area contributed by atoms with E-state index in [1.165, 1.54) is 50.5 Å². The van der Waals surface area contributed by atoms with Gasteiger partial charge in [-0.25, -0.2) is 0 Å². The van der Waals surface area contributed by atoms with Gasteiger partial charge in [0.15, 0.2) is 0 Å². The van der Waals surface area contributed by atoms with Crippen molar-refractivity contribution in [2.75, 3.05) is 0 Å². The van der Waals surface area contributed by atoms with Gasteiger partial charge in [-0.05, 0) is 48.4 Å². The molecule has 0 bridgehead atoms. The van der Waals surface area contributed by atoms with Crippen molar-refractivity contribution in [1.29, 1.82) is 0 Å². The fourth-order valence-corrected chi connectivity index (χ4v) is 3.80. The molecule has 0 amide bonds. The van der Waals surface area contributed by atoms with Crippen molar-refractivity contribution in [3.8, 4) is 11.5 Å². The number of phenolic OH excluding ortho intramolecular Hbond substituents is 1. The van der Waals surface area contributed by atoms with Gasteiger partial charge in [0.1, 0.15) is 11.5 Å². The highest BCUT2D eigenvalue weighted by atomic mass is 16.5. The molecule has 0 spiro atoms. The van der Waals surface area contributed by atoms with Crippen LogP contribution >= 0.6 is 0 Å². The standard InChI is InChI=1S/C20H28O2/c1-15-6-8-16(9-7-15)4-2-3-5-17-12-18-13-19(21)10-11-20(18)22-14-17/h10-11,13-16,21H,2-9,12H2,1H3. The number of benzene rings is 1. The zero-order chi connectivity index (χ0) is 15.4. The lowest BCUT2D eigenvalue weighted by atomic mass is 9.80. The molecule has 0 unspecified atom stereocenters. The summed E-state index contributed by atoms with van der Waals surface area (Å²) >= 11 is 0. The highest BCUT2D eigenvalue weighted by Crippen LogP contribution is 2.33. The molecule has 2 aliphatic rings. The number of fused-ring (bicyclic) bond motifs is 1. The molecule has 1 aromatic rings. The van der Waals surface area contributed by atoms with Crippen molar-refractivity contribution >= 4 is 0 Å². The summed E-state index contributed by atoms with van der Waals surface area (Å²) in [6, 6.07) is 5.36. The molecule has 1 N–H and O–H groups in total. The topological polar surface area (TPSA) is 29.5 Å². The Bertz CT molecular complexity index is 525. The lowest BCUT2D eigenvalue weighted by Gasteiger charge is -2.26. The van der Waals surface area contributed by atoms with Gasteiger partial charge in [-0.3, -0.25) is 0 Å². The van der Waals surface area contributed by atoms with Crippen LogP contribution in [-0.2, 0) is 6.42 Å². The van der Waals surface area contributed by atoms with E-state index < -0.39 is 0 Å². The van der Waals surface area contributed by atoms with Crippen LogP contribution in [0.1, 0.15) is 63.9 Å². The average molecular weight is 300 g/mol. The third-order valence-corrected chi connectivity index (χ3v) is 5.31. The average Bonchev–Trinajstić information content (AvgIpc) is 2.53. The van der Waals surface area contributed by atoms with E-state index in [0.717, 1.165) is 36.0 Å². The smallest absolute Gasteiger partial charge is 0.130 e. The maximum Gasteiger partial charge on any atom is 0.130 e. The summed E-state index contributed by atoms with van der Waals surface area (Å²) in [6.07, 6.45) is 13.7. The molecule has 2 heteroatoms. The largest absolute Gasteiger partial charge is 0.508 e. The second kappa shape index (κ2) is 7.21. The minimum absolute atomic E-state index is 0.329. The number of phenols is 1. The molecule has 1 aromatic carbocycles. The van der Waals surface area contributed by atoms with E-state index in [4.69, 9.17) is 4.74 Å². The second-order valence-electron chi connectivity index (χ2n) is 7.23. The van der Waals surface area contributed by atoms with Crippen LogP contribution in [0.2, 0.25) is 0 Å². The number of unbranched alkanes of at least 4 members (excludes halogenated alkanes) is 1. The molecule has 1 aliphatic heterocycles. The van der Waals surface area contributed by atoms with E-state index in [0.29, 0.717) is 5.75 Å². The summed E-state index contributed by atoms with van der Waals surface area (Å²) in [5, 5.41) is 9.58. The third kappa shape index (κ3) is 4.06. The quantitative estimate of drug-likeness (QED) is 0.717. The van der Waals surface area contributed by atoms with Crippen LogP contribution in [-0.4, -0.2) is 5.11 Å². The van der Waals surface area contributed by atoms with Crippen molar-refractivity contribution in [3.05, 3.63) is 35.6 Å². The Balaban J connectivity index is 1.39. The van der Waals surface area contributed by atoms with E-state index in [2.05, 4.69) is 6.92 Å². The third-order valence-electron chi connectivity index (χ3n) is 5.31. The van der Waals surface area contributed by atoms with E-state index >= 15 is 0 Å². The van der Waals surface area contributed by atoms with Gasteiger partial charge in [0, 0.05) is 12.0 Å². The first-order chi connectivity index (χ1) is 10.7. The van der Waals surface area contributed by atoms with Gasteiger partial charge in [0.2, 0.25) is 0 Å². The molecule has 1 saturated carbocycles. The molecule has 22 heavy (non-hydrogen) atoms. The van der Waals surface area contributed by atoms with Gasteiger partial charge in [-0.1, -0.05) is 45.4 Å². The van der Waals surface area contributed by atoms with Crippen molar-refractivity contribution in [3.63, 3.8) is 0 Å². The first-order valence-electron chi connectivity index (χ1n) is 8.87. The maximum absolute atomic E-state index is 9.58. The molecule has 0 saturated heterocycles. The fraction of sp³-hybridized carbons (Fsp3) is 0.600. The maximum atomic E-state index is 9.58. The van der Waals surface area contributed by atoms with Crippen LogP contribution in [0.15, 0.2) is 30.0 Å². The molecule has 120 valence electrons. The van der Waals surface area contributed by atoms with Gasteiger partial charge >= 0.3 is 0 Å². The first-order valence-corrected chi connectivity index (χ1v) is 8.87. The summed E-state index contributed by atoms with van der Waals surface area (Å²) in [5.74, 6) is 3.15. The number of hydrogen-bond donors (Lipinski definition) is 1. The zero-order valence-electron chi connectivity index (χ0n) is 13.7.